The number of nitrogens with one attached hydrogen (secondary N) is 1. The summed E-state index contributed by atoms with van der Waals surface area (Å²) in [5.41, 5.74) is 2.38. The van der Waals surface area contributed by atoms with Crippen molar-refractivity contribution in [3.63, 3.8) is 0 Å². The van der Waals surface area contributed by atoms with Gasteiger partial charge in [0.2, 0.25) is 0 Å². The van der Waals surface area contributed by atoms with Crippen molar-refractivity contribution in [3.8, 4) is 11.4 Å². The minimum atomic E-state index is -0.0911. The average Bonchev–Trinajstić information content (AvgIpc) is 2.94. The van der Waals surface area contributed by atoms with Crippen molar-refractivity contribution in [1.29, 1.82) is 0 Å². The van der Waals surface area contributed by atoms with E-state index in [-0.39, 0.29) is 5.56 Å². The lowest BCUT2D eigenvalue weighted by atomic mass is 9.86. The molecule has 0 unspecified atom stereocenters. The molecule has 2 heterocycles. The van der Waals surface area contributed by atoms with Gasteiger partial charge in [-0.1, -0.05) is 47.3 Å². The third kappa shape index (κ3) is 2.69. The Morgan fingerprint density at radius 3 is 2.58 bits per heavy atom. The van der Waals surface area contributed by atoms with E-state index in [0.29, 0.717) is 22.8 Å². The van der Waals surface area contributed by atoms with Crippen molar-refractivity contribution >= 4 is 27.0 Å². The van der Waals surface area contributed by atoms with Gasteiger partial charge >= 0.3 is 0 Å². The minimum absolute atomic E-state index is 0.0911. The van der Waals surface area contributed by atoms with Crippen LogP contribution in [0.4, 0.5) is 0 Å². The Labute approximate surface area is 148 Å². The zero-order valence-corrected chi connectivity index (χ0v) is 15.1. The van der Waals surface area contributed by atoms with Gasteiger partial charge in [0.05, 0.1) is 5.69 Å². The number of halogens is 1. The zero-order valence-electron chi connectivity index (χ0n) is 13.6. The van der Waals surface area contributed by atoms with Crippen LogP contribution >= 0.6 is 15.9 Å². The lowest BCUT2D eigenvalue weighted by molar-refractivity contribution is 0.435. The Hall–Kier alpha value is -1.95. The van der Waals surface area contributed by atoms with E-state index < -0.39 is 0 Å². The number of hydrogen-bond donors (Lipinski definition) is 1. The van der Waals surface area contributed by atoms with E-state index >= 15 is 0 Å². The van der Waals surface area contributed by atoms with E-state index in [1.807, 2.05) is 31.3 Å². The van der Waals surface area contributed by atoms with Gasteiger partial charge in [-0.25, -0.2) is 9.67 Å². The molecule has 124 valence electrons. The Morgan fingerprint density at radius 1 is 1.17 bits per heavy atom. The van der Waals surface area contributed by atoms with Gasteiger partial charge in [0.15, 0.2) is 5.65 Å². The van der Waals surface area contributed by atoms with E-state index in [9.17, 15) is 4.79 Å². The second-order valence-corrected chi connectivity index (χ2v) is 7.38. The SMILES string of the molecule is Cn1nc(C2CCCCC2)c2c(=O)[nH]c(-c3ccc(Br)cc3)nc21. The van der Waals surface area contributed by atoms with Gasteiger partial charge in [0, 0.05) is 23.0 Å². The van der Waals surface area contributed by atoms with Crippen LogP contribution in [0.2, 0.25) is 0 Å². The molecule has 4 rings (SSSR count). The number of hydrogen-bond acceptors (Lipinski definition) is 3. The molecule has 3 aromatic rings. The molecule has 0 spiro atoms. The quantitative estimate of drug-likeness (QED) is 0.719. The fourth-order valence-electron chi connectivity index (χ4n) is 3.59. The number of aromatic amines is 1. The molecule has 24 heavy (non-hydrogen) atoms. The summed E-state index contributed by atoms with van der Waals surface area (Å²) in [6, 6.07) is 7.76. The van der Waals surface area contributed by atoms with Crippen LogP contribution in [0.5, 0.6) is 0 Å². The van der Waals surface area contributed by atoms with Crippen molar-refractivity contribution in [1.82, 2.24) is 19.7 Å². The normalized spacial score (nSPS) is 15.9. The van der Waals surface area contributed by atoms with Crippen LogP contribution in [0.3, 0.4) is 0 Å². The molecule has 5 nitrogen and oxygen atoms in total. The maximum Gasteiger partial charge on any atom is 0.262 e. The fourth-order valence-corrected chi connectivity index (χ4v) is 3.86. The van der Waals surface area contributed by atoms with Gasteiger partial charge in [-0.15, -0.1) is 0 Å². The molecule has 1 N–H and O–H groups in total. The Balaban J connectivity index is 1.86. The number of benzene rings is 1. The van der Waals surface area contributed by atoms with Crippen LogP contribution in [0.15, 0.2) is 33.5 Å². The monoisotopic (exact) mass is 386 g/mol. The van der Waals surface area contributed by atoms with Gasteiger partial charge in [0.1, 0.15) is 11.2 Å². The van der Waals surface area contributed by atoms with Gasteiger partial charge in [-0.05, 0) is 25.0 Å². The van der Waals surface area contributed by atoms with E-state index in [2.05, 4.69) is 31.0 Å². The highest BCUT2D eigenvalue weighted by Crippen LogP contribution is 2.34. The maximum absolute atomic E-state index is 12.8. The smallest absolute Gasteiger partial charge is 0.262 e. The molecule has 0 saturated heterocycles. The number of aromatic nitrogens is 4. The molecule has 1 aromatic carbocycles. The molecule has 0 amide bonds. The molecule has 0 radical (unpaired) electrons. The van der Waals surface area contributed by atoms with Crippen molar-refractivity contribution in [2.75, 3.05) is 0 Å². The van der Waals surface area contributed by atoms with Crippen molar-refractivity contribution in [3.05, 3.63) is 44.8 Å². The molecule has 6 heteroatoms. The minimum Gasteiger partial charge on any atom is -0.306 e. The first kappa shape index (κ1) is 15.6. The first-order valence-electron chi connectivity index (χ1n) is 8.36. The third-order valence-electron chi connectivity index (χ3n) is 4.83. The highest BCUT2D eigenvalue weighted by molar-refractivity contribution is 9.10. The number of H-pyrrole nitrogens is 1. The largest absolute Gasteiger partial charge is 0.306 e. The van der Waals surface area contributed by atoms with Gasteiger partial charge < -0.3 is 4.98 Å². The summed E-state index contributed by atoms with van der Waals surface area (Å²) in [7, 11) is 1.87. The van der Waals surface area contributed by atoms with E-state index in [0.717, 1.165) is 28.6 Å². The van der Waals surface area contributed by atoms with Gasteiger partial charge in [-0.2, -0.15) is 5.10 Å². The fraction of sp³-hybridized carbons (Fsp3) is 0.389. The summed E-state index contributed by atoms with van der Waals surface area (Å²) in [6.45, 7) is 0. The van der Waals surface area contributed by atoms with Gasteiger partial charge in [-0.3, -0.25) is 4.79 Å². The Morgan fingerprint density at radius 2 is 1.88 bits per heavy atom. The summed E-state index contributed by atoms with van der Waals surface area (Å²) in [4.78, 5) is 20.4. The third-order valence-corrected chi connectivity index (χ3v) is 5.36. The molecule has 0 bridgehead atoms. The summed E-state index contributed by atoms with van der Waals surface area (Å²) < 4.78 is 2.74. The first-order valence-corrected chi connectivity index (χ1v) is 9.15. The molecule has 1 aliphatic carbocycles. The van der Waals surface area contributed by atoms with E-state index in [1.54, 1.807) is 4.68 Å². The summed E-state index contributed by atoms with van der Waals surface area (Å²) in [5, 5.41) is 5.31. The Kier molecular flexibility index (Phi) is 4.00. The second-order valence-electron chi connectivity index (χ2n) is 6.46. The topological polar surface area (TPSA) is 63.6 Å². The molecular weight excluding hydrogens is 368 g/mol. The summed E-state index contributed by atoms with van der Waals surface area (Å²) >= 11 is 3.42. The standard InChI is InChI=1S/C18H19BrN4O/c1-23-17-14(15(22-23)11-5-3-2-4-6-11)18(24)21-16(20-17)12-7-9-13(19)10-8-12/h7-11H,2-6H2,1H3,(H,20,21,24). The molecule has 1 aliphatic rings. The molecule has 2 aromatic heterocycles. The van der Waals surface area contributed by atoms with E-state index in [1.165, 1.54) is 19.3 Å². The summed E-state index contributed by atoms with van der Waals surface area (Å²) in [6.07, 6.45) is 5.93. The van der Waals surface area contributed by atoms with Crippen molar-refractivity contribution in [2.24, 2.45) is 7.05 Å². The highest BCUT2D eigenvalue weighted by Gasteiger charge is 2.24. The van der Waals surface area contributed by atoms with Crippen LogP contribution < -0.4 is 5.56 Å². The molecular formula is C18H19BrN4O. The predicted octanol–water partition coefficient (Wildman–Crippen LogP) is 4.13. The number of fused-ring (bicyclic) bond motifs is 1. The van der Waals surface area contributed by atoms with Gasteiger partial charge in [0.25, 0.3) is 5.56 Å². The first-order chi connectivity index (χ1) is 11.6. The van der Waals surface area contributed by atoms with Crippen molar-refractivity contribution in [2.45, 2.75) is 38.0 Å². The molecule has 1 fully saturated rings. The van der Waals surface area contributed by atoms with Crippen molar-refractivity contribution < 1.29 is 0 Å². The number of nitrogens with zero attached hydrogens (tertiary/aromatic N) is 3. The predicted molar refractivity (Wildman–Crippen MR) is 98.1 cm³/mol. The van der Waals surface area contributed by atoms with E-state index in [4.69, 9.17) is 0 Å². The lowest BCUT2D eigenvalue weighted by Gasteiger charge is -2.19. The maximum atomic E-state index is 12.8. The molecule has 0 aliphatic heterocycles. The molecule has 1 saturated carbocycles. The number of rotatable bonds is 2. The second kappa shape index (κ2) is 6.16. The highest BCUT2D eigenvalue weighted by atomic mass is 79.9. The zero-order chi connectivity index (χ0) is 16.7. The molecule has 0 atom stereocenters. The van der Waals surface area contributed by atoms with Crippen LogP contribution in [0.1, 0.15) is 43.7 Å². The lowest BCUT2D eigenvalue weighted by Crippen LogP contribution is -2.13. The Bertz CT molecular complexity index is 936. The average molecular weight is 387 g/mol. The van der Waals surface area contributed by atoms with Crippen LogP contribution in [-0.4, -0.2) is 19.7 Å². The summed E-state index contributed by atoms with van der Waals surface area (Å²) in [5.74, 6) is 0.960. The number of aryl methyl sites for hydroxylation is 1. The van der Waals surface area contributed by atoms with Crippen LogP contribution in [-0.2, 0) is 7.05 Å². The van der Waals surface area contributed by atoms with Crippen LogP contribution in [0, 0.1) is 0 Å². The van der Waals surface area contributed by atoms with Crippen LogP contribution in [0.25, 0.3) is 22.4 Å².